The Kier molecular flexibility index (Phi) is 5.51. The first-order valence-electron chi connectivity index (χ1n) is 10.4. The number of benzene rings is 1. The zero-order valence-electron chi connectivity index (χ0n) is 17.9. The van der Waals surface area contributed by atoms with Crippen molar-refractivity contribution in [3.05, 3.63) is 41.8 Å². The van der Waals surface area contributed by atoms with Gasteiger partial charge < -0.3 is 15.0 Å². The van der Waals surface area contributed by atoms with E-state index in [1.807, 2.05) is 20.8 Å². The number of nitrogens with one attached hydrogen (secondary N) is 1. The Hall–Kier alpha value is -3.23. The number of carbonyl (C=O) groups is 2. The van der Waals surface area contributed by atoms with Gasteiger partial charge in [0.05, 0.1) is 6.42 Å². The highest BCUT2D eigenvalue weighted by molar-refractivity contribution is 6.00. The van der Waals surface area contributed by atoms with Crippen molar-refractivity contribution in [3.63, 3.8) is 0 Å². The minimum atomic E-state index is -0.539. The molecular weight excluding hydrogens is 401 g/mol. The number of amides is 2. The number of ether oxygens (including phenoxy) is 1. The van der Waals surface area contributed by atoms with E-state index in [9.17, 15) is 14.0 Å². The van der Waals surface area contributed by atoms with Gasteiger partial charge in [-0.25, -0.2) is 14.2 Å². The highest BCUT2D eigenvalue weighted by atomic mass is 19.1. The third kappa shape index (κ3) is 4.76. The van der Waals surface area contributed by atoms with Gasteiger partial charge in [-0.3, -0.25) is 9.69 Å². The Balaban J connectivity index is 1.45. The maximum absolute atomic E-state index is 13.1. The summed E-state index contributed by atoms with van der Waals surface area (Å²) in [6, 6.07) is 5.86. The molecule has 0 aliphatic carbocycles. The van der Waals surface area contributed by atoms with Gasteiger partial charge in [-0.2, -0.15) is 4.98 Å². The summed E-state index contributed by atoms with van der Waals surface area (Å²) in [5.41, 5.74) is 0.898. The smallest absolute Gasteiger partial charge is 0.410 e. The Morgan fingerprint density at radius 1 is 1.19 bits per heavy atom. The molecule has 3 heterocycles. The average Bonchev–Trinajstić information content (AvgIpc) is 3.03. The number of nitrogens with zero attached hydrogens (tertiary/aromatic N) is 4. The van der Waals surface area contributed by atoms with Crippen molar-refractivity contribution in [2.45, 2.75) is 51.7 Å². The van der Waals surface area contributed by atoms with E-state index in [0.29, 0.717) is 43.4 Å². The highest BCUT2D eigenvalue weighted by Crippen LogP contribution is 2.33. The fraction of sp³-hybridized carbons (Fsp3) is 0.455. The van der Waals surface area contributed by atoms with Crippen LogP contribution in [0.15, 0.2) is 30.5 Å². The fourth-order valence-corrected chi connectivity index (χ4v) is 3.83. The van der Waals surface area contributed by atoms with Crippen molar-refractivity contribution in [2.75, 3.05) is 23.3 Å². The Bertz CT molecular complexity index is 982. The van der Waals surface area contributed by atoms with Crippen LogP contribution in [0.4, 0.5) is 26.6 Å². The molecule has 2 amide bonds. The second kappa shape index (κ2) is 8.13. The molecule has 1 aromatic heterocycles. The van der Waals surface area contributed by atoms with Crippen LogP contribution in [0.5, 0.6) is 0 Å². The minimum absolute atomic E-state index is 0.0149. The monoisotopic (exact) mass is 427 g/mol. The second-order valence-electron chi connectivity index (χ2n) is 8.81. The molecule has 2 aliphatic heterocycles. The maximum atomic E-state index is 13.1. The number of anilines is 3. The largest absolute Gasteiger partial charge is 0.444 e. The molecule has 8 nitrogen and oxygen atoms in total. The SMILES string of the molecule is CC(C)(C)OC(=O)N1CCC(N2C(=O)Cc3cnc(Nc4ccc(F)cc4)nc32)CC1. The van der Waals surface area contributed by atoms with Crippen LogP contribution in [0.3, 0.4) is 0 Å². The molecular formula is C22H26FN5O3. The molecule has 1 N–H and O–H groups in total. The van der Waals surface area contributed by atoms with Crippen LogP contribution >= 0.6 is 0 Å². The highest BCUT2D eigenvalue weighted by Gasteiger charge is 2.37. The zero-order chi connectivity index (χ0) is 22.2. The second-order valence-corrected chi connectivity index (χ2v) is 8.81. The van der Waals surface area contributed by atoms with E-state index in [-0.39, 0.29) is 30.3 Å². The number of hydrogen-bond acceptors (Lipinski definition) is 6. The van der Waals surface area contributed by atoms with Crippen LogP contribution < -0.4 is 10.2 Å². The third-order valence-corrected chi connectivity index (χ3v) is 5.26. The molecule has 2 aliphatic rings. The molecule has 1 fully saturated rings. The number of halogens is 1. The van der Waals surface area contributed by atoms with Gasteiger partial charge in [-0.1, -0.05) is 0 Å². The van der Waals surface area contributed by atoms with Crippen molar-refractivity contribution >= 4 is 29.5 Å². The molecule has 9 heteroatoms. The molecule has 0 atom stereocenters. The van der Waals surface area contributed by atoms with Crippen LogP contribution in [0.1, 0.15) is 39.2 Å². The van der Waals surface area contributed by atoms with Crippen molar-refractivity contribution in [2.24, 2.45) is 0 Å². The minimum Gasteiger partial charge on any atom is -0.444 e. The van der Waals surface area contributed by atoms with E-state index in [2.05, 4.69) is 15.3 Å². The first-order valence-corrected chi connectivity index (χ1v) is 10.4. The van der Waals surface area contributed by atoms with Gasteiger partial charge in [-0.05, 0) is 57.9 Å². The Morgan fingerprint density at radius 3 is 2.52 bits per heavy atom. The van der Waals surface area contributed by atoms with Crippen LogP contribution in [-0.4, -0.2) is 51.6 Å². The van der Waals surface area contributed by atoms with Gasteiger partial charge in [0.15, 0.2) is 0 Å². The summed E-state index contributed by atoms with van der Waals surface area (Å²) in [5.74, 6) is 0.602. The number of rotatable bonds is 3. The summed E-state index contributed by atoms with van der Waals surface area (Å²) >= 11 is 0. The molecule has 31 heavy (non-hydrogen) atoms. The number of carbonyl (C=O) groups excluding carboxylic acids is 2. The van der Waals surface area contributed by atoms with Crippen molar-refractivity contribution in [1.29, 1.82) is 0 Å². The third-order valence-electron chi connectivity index (χ3n) is 5.26. The van der Waals surface area contributed by atoms with Crippen molar-refractivity contribution in [1.82, 2.24) is 14.9 Å². The predicted octanol–water partition coefficient (Wildman–Crippen LogP) is 3.65. The first kappa shape index (κ1) is 21.0. The molecule has 0 spiro atoms. The number of likely N-dealkylation sites (tertiary alicyclic amines) is 1. The average molecular weight is 427 g/mol. The van der Waals surface area contributed by atoms with E-state index in [1.54, 1.807) is 28.1 Å². The summed E-state index contributed by atoms with van der Waals surface area (Å²) in [5, 5.41) is 3.05. The lowest BCUT2D eigenvalue weighted by atomic mass is 10.0. The molecule has 0 bridgehead atoms. The Morgan fingerprint density at radius 2 is 1.87 bits per heavy atom. The summed E-state index contributed by atoms with van der Waals surface area (Å²) in [6.07, 6.45) is 2.89. The summed E-state index contributed by atoms with van der Waals surface area (Å²) < 4.78 is 18.6. The molecule has 0 radical (unpaired) electrons. The zero-order valence-corrected chi connectivity index (χ0v) is 17.9. The van der Waals surface area contributed by atoms with Crippen molar-refractivity contribution in [3.8, 4) is 0 Å². The van der Waals surface area contributed by atoms with E-state index in [1.165, 1.54) is 12.1 Å². The normalized spacial score (nSPS) is 17.0. The quantitative estimate of drug-likeness (QED) is 0.805. The van der Waals surface area contributed by atoms with Gasteiger partial charge in [0, 0.05) is 36.6 Å². The predicted molar refractivity (Wildman–Crippen MR) is 114 cm³/mol. The van der Waals surface area contributed by atoms with Gasteiger partial charge >= 0.3 is 6.09 Å². The fourth-order valence-electron chi connectivity index (χ4n) is 3.83. The lowest BCUT2D eigenvalue weighted by molar-refractivity contribution is -0.118. The van der Waals surface area contributed by atoms with E-state index in [0.717, 1.165) is 5.56 Å². The lowest BCUT2D eigenvalue weighted by Crippen LogP contribution is -2.49. The van der Waals surface area contributed by atoms with E-state index in [4.69, 9.17) is 4.74 Å². The maximum Gasteiger partial charge on any atom is 0.410 e. The van der Waals surface area contributed by atoms with Gasteiger partial charge in [-0.15, -0.1) is 0 Å². The van der Waals surface area contributed by atoms with Crippen molar-refractivity contribution < 1.29 is 18.7 Å². The van der Waals surface area contributed by atoms with Gasteiger partial charge in [0.2, 0.25) is 11.9 Å². The van der Waals surface area contributed by atoms with Gasteiger partial charge in [0.1, 0.15) is 17.2 Å². The number of aromatic nitrogens is 2. The van der Waals surface area contributed by atoms with Crippen LogP contribution in [0.2, 0.25) is 0 Å². The topological polar surface area (TPSA) is 87.7 Å². The standard InChI is InChI=1S/C22H26FN5O3/c1-22(2,3)31-21(30)27-10-8-17(9-11-27)28-18(29)12-14-13-24-20(26-19(14)28)25-16-6-4-15(23)5-7-16/h4-7,13,17H,8-12H2,1-3H3,(H,24,25,26). The molecule has 2 aromatic rings. The number of hydrogen-bond donors (Lipinski definition) is 1. The van der Waals surface area contributed by atoms with E-state index < -0.39 is 5.60 Å². The van der Waals surface area contributed by atoms with Crippen LogP contribution in [-0.2, 0) is 16.0 Å². The lowest BCUT2D eigenvalue weighted by Gasteiger charge is -2.37. The molecule has 1 saturated heterocycles. The van der Waals surface area contributed by atoms with Crippen LogP contribution in [0.25, 0.3) is 0 Å². The molecule has 0 unspecified atom stereocenters. The molecule has 0 saturated carbocycles. The summed E-state index contributed by atoms with van der Waals surface area (Å²) in [4.78, 5) is 37.3. The first-order chi connectivity index (χ1) is 14.7. The summed E-state index contributed by atoms with van der Waals surface area (Å²) in [6.45, 7) is 6.56. The van der Waals surface area contributed by atoms with E-state index >= 15 is 0 Å². The number of piperidine rings is 1. The number of fused-ring (bicyclic) bond motifs is 1. The van der Waals surface area contributed by atoms with Gasteiger partial charge in [0.25, 0.3) is 0 Å². The Labute approximate surface area is 180 Å². The molecule has 164 valence electrons. The van der Waals surface area contributed by atoms with Crippen LogP contribution in [0, 0.1) is 5.82 Å². The summed E-state index contributed by atoms with van der Waals surface area (Å²) in [7, 11) is 0. The molecule has 4 rings (SSSR count). The molecule has 1 aromatic carbocycles.